The van der Waals surface area contributed by atoms with E-state index in [2.05, 4.69) is 22.1 Å². The molecule has 20 heavy (non-hydrogen) atoms. The van der Waals surface area contributed by atoms with Crippen molar-refractivity contribution in [2.45, 2.75) is 39.2 Å². The summed E-state index contributed by atoms with van der Waals surface area (Å²) in [5, 5.41) is 4.06. The Morgan fingerprint density at radius 1 is 1.20 bits per heavy atom. The van der Waals surface area contributed by atoms with E-state index in [-0.39, 0.29) is 0 Å². The Bertz CT molecular complexity index is 441. The maximum Gasteiger partial charge on any atom is 0.126 e. The molecule has 0 atom stereocenters. The van der Waals surface area contributed by atoms with Gasteiger partial charge in [0.05, 0.1) is 10.7 Å². The van der Waals surface area contributed by atoms with Gasteiger partial charge in [-0.3, -0.25) is 4.90 Å². The van der Waals surface area contributed by atoms with Gasteiger partial charge in [-0.1, -0.05) is 11.6 Å². The summed E-state index contributed by atoms with van der Waals surface area (Å²) in [4.78, 5) is 7.24. The molecule has 1 aromatic rings. The van der Waals surface area contributed by atoms with E-state index in [0.717, 1.165) is 41.5 Å². The fraction of sp³-hybridized carbons (Fsp3) is 0.688. The number of nitrogens with zero attached hydrogens (tertiary/aromatic N) is 2. The van der Waals surface area contributed by atoms with Crippen molar-refractivity contribution in [1.82, 2.24) is 9.88 Å². The topological polar surface area (TPSA) is 28.2 Å². The number of pyridine rings is 1. The van der Waals surface area contributed by atoms with Crippen LogP contribution in [0.25, 0.3) is 0 Å². The second kappa shape index (κ2) is 6.31. The first-order valence-corrected chi connectivity index (χ1v) is 8.24. The lowest BCUT2D eigenvalue weighted by molar-refractivity contribution is 0.241. The van der Waals surface area contributed by atoms with Gasteiger partial charge in [-0.15, -0.1) is 0 Å². The second-order valence-electron chi connectivity index (χ2n) is 6.24. The minimum absolute atomic E-state index is 0.795. The van der Waals surface area contributed by atoms with Crippen molar-refractivity contribution in [2.75, 3.05) is 25.0 Å². The lowest BCUT2D eigenvalue weighted by atomic mass is 10.2. The van der Waals surface area contributed by atoms with Crippen molar-refractivity contribution in [1.29, 1.82) is 0 Å². The minimum atomic E-state index is 0.795. The van der Waals surface area contributed by atoms with Gasteiger partial charge in [0, 0.05) is 26.2 Å². The lowest BCUT2D eigenvalue weighted by Crippen LogP contribution is -2.28. The maximum atomic E-state index is 6.33. The molecule has 3 rings (SSSR count). The summed E-state index contributed by atoms with van der Waals surface area (Å²) < 4.78 is 0. The molecular formula is C16H24ClN3. The first-order chi connectivity index (χ1) is 9.74. The number of anilines is 1. The minimum Gasteiger partial charge on any atom is -0.370 e. The van der Waals surface area contributed by atoms with E-state index in [1.54, 1.807) is 0 Å². The molecule has 2 aliphatic carbocycles. The third-order valence-corrected chi connectivity index (χ3v) is 4.42. The van der Waals surface area contributed by atoms with Crippen molar-refractivity contribution in [2.24, 2.45) is 11.8 Å². The molecule has 2 aliphatic rings. The van der Waals surface area contributed by atoms with Crippen molar-refractivity contribution >= 4 is 17.4 Å². The number of halogens is 1. The SMILES string of the molecule is CCNc1ccc(Cl)c(CN(CC2CC2)CC2CC2)n1. The zero-order valence-electron chi connectivity index (χ0n) is 12.2. The monoisotopic (exact) mass is 293 g/mol. The van der Waals surface area contributed by atoms with Crippen LogP contribution < -0.4 is 5.32 Å². The van der Waals surface area contributed by atoms with Crippen molar-refractivity contribution in [3.05, 3.63) is 22.8 Å². The molecule has 1 heterocycles. The van der Waals surface area contributed by atoms with E-state index in [9.17, 15) is 0 Å². The molecule has 0 aliphatic heterocycles. The highest BCUT2D eigenvalue weighted by Gasteiger charge is 2.29. The summed E-state index contributed by atoms with van der Waals surface area (Å²) in [6.45, 7) is 6.31. The largest absolute Gasteiger partial charge is 0.370 e. The molecule has 110 valence electrons. The third kappa shape index (κ3) is 4.10. The van der Waals surface area contributed by atoms with Crippen LogP contribution in [0.4, 0.5) is 5.82 Å². The standard InChI is InChI=1S/C16H24ClN3/c1-2-18-16-8-7-14(17)15(19-16)11-20(9-12-3-4-12)10-13-5-6-13/h7-8,12-13H,2-6,9-11H2,1H3,(H,18,19). The molecule has 0 bridgehead atoms. The highest BCUT2D eigenvalue weighted by molar-refractivity contribution is 6.31. The summed E-state index contributed by atoms with van der Waals surface area (Å²) in [6.07, 6.45) is 5.61. The quantitative estimate of drug-likeness (QED) is 0.790. The van der Waals surface area contributed by atoms with Gasteiger partial charge in [-0.2, -0.15) is 0 Å². The predicted molar refractivity (Wildman–Crippen MR) is 84.1 cm³/mol. The molecular weight excluding hydrogens is 270 g/mol. The van der Waals surface area contributed by atoms with Gasteiger partial charge in [0.2, 0.25) is 0 Å². The van der Waals surface area contributed by atoms with Crippen LogP contribution in [-0.4, -0.2) is 29.5 Å². The Hall–Kier alpha value is -0.800. The van der Waals surface area contributed by atoms with E-state index >= 15 is 0 Å². The summed E-state index contributed by atoms with van der Waals surface area (Å²) in [7, 11) is 0. The number of hydrogen-bond acceptors (Lipinski definition) is 3. The summed E-state index contributed by atoms with van der Waals surface area (Å²) >= 11 is 6.33. The molecule has 1 N–H and O–H groups in total. The van der Waals surface area contributed by atoms with E-state index < -0.39 is 0 Å². The fourth-order valence-corrected chi connectivity index (χ4v) is 2.79. The van der Waals surface area contributed by atoms with Gasteiger partial charge in [0.15, 0.2) is 0 Å². The number of rotatable bonds is 8. The Kier molecular flexibility index (Phi) is 4.47. The molecule has 3 nitrogen and oxygen atoms in total. The van der Waals surface area contributed by atoms with Crippen molar-refractivity contribution < 1.29 is 0 Å². The molecule has 0 saturated heterocycles. The maximum absolute atomic E-state index is 6.33. The van der Waals surface area contributed by atoms with Crippen molar-refractivity contribution in [3.63, 3.8) is 0 Å². The Balaban J connectivity index is 1.66. The summed E-state index contributed by atoms with van der Waals surface area (Å²) in [5.41, 5.74) is 1.02. The Labute approximate surface area is 126 Å². The first-order valence-electron chi connectivity index (χ1n) is 7.86. The number of nitrogens with one attached hydrogen (secondary N) is 1. The molecule has 0 spiro atoms. The van der Waals surface area contributed by atoms with Crippen LogP contribution in [0, 0.1) is 11.8 Å². The van der Waals surface area contributed by atoms with Crippen LogP contribution in [0.5, 0.6) is 0 Å². The van der Waals surface area contributed by atoms with Gasteiger partial charge in [0.25, 0.3) is 0 Å². The van der Waals surface area contributed by atoms with E-state index in [4.69, 9.17) is 11.6 Å². The lowest BCUT2D eigenvalue weighted by Gasteiger charge is -2.22. The molecule has 0 radical (unpaired) electrons. The van der Waals surface area contributed by atoms with Crippen LogP contribution >= 0.6 is 11.6 Å². The molecule has 2 saturated carbocycles. The van der Waals surface area contributed by atoms with Crippen molar-refractivity contribution in [3.8, 4) is 0 Å². The number of aromatic nitrogens is 1. The normalized spacial score (nSPS) is 18.6. The molecule has 0 amide bonds. The molecule has 0 aromatic carbocycles. The van der Waals surface area contributed by atoms with Gasteiger partial charge in [-0.05, 0) is 56.6 Å². The predicted octanol–water partition coefficient (Wildman–Crippen LogP) is 3.79. The average molecular weight is 294 g/mol. The zero-order valence-corrected chi connectivity index (χ0v) is 13.0. The smallest absolute Gasteiger partial charge is 0.126 e. The molecule has 0 unspecified atom stereocenters. The van der Waals surface area contributed by atoms with Crippen LogP contribution in [-0.2, 0) is 6.54 Å². The van der Waals surface area contributed by atoms with Crippen LogP contribution in [0.3, 0.4) is 0 Å². The van der Waals surface area contributed by atoms with Gasteiger partial charge in [0.1, 0.15) is 5.82 Å². The molecule has 1 aromatic heterocycles. The van der Waals surface area contributed by atoms with Crippen LogP contribution in [0.1, 0.15) is 38.3 Å². The molecule has 4 heteroatoms. The van der Waals surface area contributed by atoms with Crippen LogP contribution in [0.2, 0.25) is 5.02 Å². The third-order valence-electron chi connectivity index (χ3n) is 4.08. The van der Waals surface area contributed by atoms with Gasteiger partial charge < -0.3 is 5.32 Å². The van der Waals surface area contributed by atoms with E-state index in [0.29, 0.717) is 0 Å². The van der Waals surface area contributed by atoms with Crippen LogP contribution in [0.15, 0.2) is 12.1 Å². The van der Waals surface area contributed by atoms with E-state index in [1.807, 2.05) is 12.1 Å². The highest BCUT2D eigenvalue weighted by atomic mass is 35.5. The highest BCUT2D eigenvalue weighted by Crippen LogP contribution is 2.34. The Morgan fingerprint density at radius 2 is 1.85 bits per heavy atom. The van der Waals surface area contributed by atoms with Gasteiger partial charge >= 0.3 is 0 Å². The summed E-state index contributed by atoms with van der Waals surface area (Å²) in [5.74, 6) is 2.78. The summed E-state index contributed by atoms with van der Waals surface area (Å²) in [6, 6.07) is 3.93. The average Bonchev–Trinajstić information content (AvgIpc) is 3.30. The van der Waals surface area contributed by atoms with E-state index in [1.165, 1.54) is 38.8 Å². The zero-order chi connectivity index (χ0) is 13.9. The first kappa shape index (κ1) is 14.2. The fourth-order valence-electron chi connectivity index (χ4n) is 2.62. The second-order valence-corrected chi connectivity index (χ2v) is 6.64. The van der Waals surface area contributed by atoms with Gasteiger partial charge in [-0.25, -0.2) is 4.98 Å². The Morgan fingerprint density at radius 3 is 2.40 bits per heavy atom. The number of hydrogen-bond donors (Lipinski definition) is 1. The molecule has 2 fully saturated rings.